The first-order valence-corrected chi connectivity index (χ1v) is 19.3. The molecule has 2 saturated carbocycles. The fourth-order valence-electron chi connectivity index (χ4n) is 10.3. The molecule has 3 aromatic carbocycles. The van der Waals surface area contributed by atoms with Crippen molar-refractivity contribution < 1.29 is 19.4 Å². The minimum absolute atomic E-state index is 0.00297. The van der Waals surface area contributed by atoms with Crippen molar-refractivity contribution in [3.8, 4) is 17.2 Å². The van der Waals surface area contributed by atoms with Crippen molar-refractivity contribution in [3.63, 3.8) is 0 Å². The van der Waals surface area contributed by atoms with Crippen molar-refractivity contribution in [1.29, 1.82) is 0 Å². The van der Waals surface area contributed by atoms with Gasteiger partial charge in [0.15, 0.2) is 11.5 Å². The van der Waals surface area contributed by atoms with Crippen LogP contribution in [-0.4, -0.2) is 65.2 Å². The molecule has 6 heteroatoms. The molecular weight excluding hydrogens is 608 g/mol. The number of phenolic OH excluding ortho intramolecular Hbond substituents is 1. The summed E-state index contributed by atoms with van der Waals surface area (Å²) in [6, 6.07) is 24.2. The molecule has 2 bridgehead atoms. The number of ether oxygens (including phenoxy) is 2. The number of nitrogens with zero attached hydrogens (tertiary/aromatic N) is 2. The van der Waals surface area contributed by atoms with Crippen LogP contribution in [0.15, 0.2) is 66.7 Å². The van der Waals surface area contributed by atoms with Crippen molar-refractivity contribution >= 4 is 5.97 Å². The molecule has 2 heterocycles. The fourth-order valence-corrected chi connectivity index (χ4v) is 10.3. The highest BCUT2D eigenvalue weighted by Gasteiger charge is 2.67. The Morgan fingerprint density at radius 1 is 0.918 bits per heavy atom. The van der Waals surface area contributed by atoms with Crippen LogP contribution in [-0.2, 0) is 29.5 Å². The molecule has 1 spiro atoms. The second-order valence-electron chi connectivity index (χ2n) is 15.7. The predicted molar refractivity (Wildman–Crippen MR) is 193 cm³/mol. The van der Waals surface area contributed by atoms with Crippen molar-refractivity contribution in [1.82, 2.24) is 9.80 Å². The number of likely N-dealkylation sites (tertiary alicyclic amines) is 1. The lowest BCUT2D eigenvalue weighted by molar-refractivity contribution is -0.132. The molecule has 0 radical (unpaired) electrons. The molecule has 8 rings (SSSR count). The van der Waals surface area contributed by atoms with Crippen molar-refractivity contribution in [2.45, 2.75) is 114 Å². The van der Waals surface area contributed by atoms with Gasteiger partial charge in [-0.15, -0.1) is 0 Å². The lowest BCUT2D eigenvalue weighted by Crippen LogP contribution is -2.69. The van der Waals surface area contributed by atoms with Gasteiger partial charge in [-0.2, -0.15) is 0 Å². The van der Waals surface area contributed by atoms with E-state index in [1.807, 2.05) is 0 Å². The first kappa shape index (κ1) is 32.8. The second kappa shape index (κ2) is 14.1. The molecule has 0 amide bonds. The highest BCUT2D eigenvalue weighted by atomic mass is 16.6. The quantitative estimate of drug-likeness (QED) is 0.102. The smallest absolute Gasteiger partial charge is 0.308 e. The first-order chi connectivity index (χ1) is 24.0. The van der Waals surface area contributed by atoms with Crippen LogP contribution in [0.25, 0.3) is 0 Å². The molecular formula is C43H54N2O4. The summed E-state index contributed by atoms with van der Waals surface area (Å²) in [5.74, 6) is 2.37. The number of carbonyl (C=O) groups is 1. The van der Waals surface area contributed by atoms with Gasteiger partial charge in [-0.05, 0) is 113 Å². The Morgan fingerprint density at radius 2 is 1.61 bits per heavy atom. The fraction of sp³-hybridized carbons (Fsp3) is 0.558. The van der Waals surface area contributed by atoms with Gasteiger partial charge in [0.1, 0.15) is 11.9 Å². The van der Waals surface area contributed by atoms with E-state index in [2.05, 4.69) is 70.5 Å². The Morgan fingerprint density at radius 3 is 2.33 bits per heavy atom. The Hall–Kier alpha value is -3.35. The zero-order valence-electron chi connectivity index (χ0n) is 29.3. The number of aryl methyl sites for hydroxylation is 2. The molecule has 5 aliphatic rings. The Bertz CT molecular complexity index is 1610. The standard InChI is InChI=1S/C43H54N2O4/c1-30(46)48-39-28-38(47)34-27-37-35-21-22-36(42-43(35,40(34)41(39)49-42)23-26-45(37)29-33-19-20-33)44(25-12-18-32-16-9-5-10-17-32)24-11-3-2-6-13-31-14-7-4-8-15-31/h4-5,7-10,14-17,28,33,35-37,42,47H,2-3,6,11-13,18-27,29H2,1H3/t35-,36-,37+,42-,43-/m0/s1. The molecule has 1 saturated heterocycles. The van der Waals surface area contributed by atoms with E-state index in [0.29, 0.717) is 17.7 Å². The lowest BCUT2D eigenvalue weighted by Gasteiger charge is -2.60. The lowest BCUT2D eigenvalue weighted by atomic mass is 9.50. The van der Waals surface area contributed by atoms with Gasteiger partial charge >= 0.3 is 5.97 Å². The summed E-state index contributed by atoms with van der Waals surface area (Å²) < 4.78 is 13.0. The number of aromatic hydroxyl groups is 1. The number of phenols is 1. The number of hydrogen-bond donors (Lipinski definition) is 1. The molecule has 49 heavy (non-hydrogen) atoms. The Labute approximate surface area is 292 Å². The molecule has 260 valence electrons. The average molecular weight is 663 g/mol. The second-order valence-corrected chi connectivity index (χ2v) is 15.7. The Balaban J connectivity index is 1.06. The Kier molecular flexibility index (Phi) is 9.45. The first-order valence-electron chi connectivity index (χ1n) is 19.3. The third kappa shape index (κ3) is 6.52. The number of rotatable bonds is 15. The van der Waals surface area contributed by atoms with E-state index in [9.17, 15) is 9.90 Å². The minimum atomic E-state index is -0.373. The third-order valence-electron chi connectivity index (χ3n) is 12.7. The molecule has 0 unspecified atom stereocenters. The summed E-state index contributed by atoms with van der Waals surface area (Å²) in [4.78, 5) is 17.8. The molecule has 2 aliphatic heterocycles. The number of carbonyl (C=O) groups excluding carboxylic acids is 1. The van der Waals surface area contributed by atoms with Crippen LogP contribution in [0.3, 0.4) is 0 Å². The highest BCUT2D eigenvalue weighted by Crippen LogP contribution is 2.66. The molecule has 0 aromatic heterocycles. The maximum Gasteiger partial charge on any atom is 0.308 e. The van der Waals surface area contributed by atoms with Gasteiger partial charge in [0.2, 0.25) is 0 Å². The van der Waals surface area contributed by atoms with Gasteiger partial charge < -0.3 is 14.6 Å². The van der Waals surface area contributed by atoms with E-state index in [0.717, 1.165) is 75.4 Å². The highest BCUT2D eigenvalue weighted by molar-refractivity contribution is 5.73. The van der Waals surface area contributed by atoms with Crippen molar-refractivity contribution in [2.24, 2.45) is 11.8 Å². The van der Waals surface area contributed by atoms with E-state index in [-0.39, 0.29) is 29.3 Å². The number of piperidine rings is 1. The average Bonchev–Trinajstić information content (AvgIpc) is 3.86. The maximum atomic E-state index is 12.3. The van der Waals surface area contributed by atoms with E-state index >= 15 is 0 Å². The zero-order valence-corrected chi connectivity index (χ0v) is 29.3. The maximum absolute atomic E-state index is 12.3. The topological polar surface area (TPSA) is 62.2 Å². The normalized spacial score (nSPS) is 26.7. The van der Waals surface area contributed by atoms with Crippen molar-refractivity contribution in [2.75, 3.05) is 26.2 Å². The SMILES string of the molecule is CC(=O)Oc1cc(O)c2c3c1O[C@H]1[C@@H](N(CCCCCCc4ccccc4)CCCc4ccccc4)CC[C@H]4[C@@H](C2)N(CC2CC2)CC[C@@]341. The third-order valence-corrected chi connectivity index (χ3v) is 12.7. The van der Waals surface area contributed by atoms with Crippen LogP contribution in [0.5, 0.6) is 17.2 Å². The van der Waals surface area contributed by atoms with Gasteiger partial charge in [0.05, 0.1) is 0 Å². The summed E-state index contributed by atoms with van der Waals surface area (Å²) in [5.41, 5.74) is 4.91. The number of hydrogen-bond acceptors (Lipinski definition) is 6. The molecule has 3 aliphatic carbocycles. The molecule has 1 N–H and O–H groups in total. The van der Waals surface area contributed by atoms with Crippen LogP contribution in [0.1, 0.15) is 93.4 Å². The zero-order chi connectivity index (χ0) is 33.4. The van der Waals surface area contributed by atoms with Gasteiger partial charge in [0.25, 0.3) is 0 Å². The van der Waals surface area contributed by atoms with Gasteiger partial charge in [-0.25, -0.2) is 0 Å². The molecule has 6 nitrogen and oxygen atoms in total. The number of esters is 1. The van der Waals surface area contributed by atoms with Crippen LogP contribution in [0.4, 0.5) is 0 Å². The van der Waals surface area contributed by atoms with Crippen molar-refractivity contribution in [3.05, 3.63) is 89.0 Å². The van der Waals surface area contributed by atoms with Gasteiger partial charge in [-0.3, -0.25) is 14.6 Å². The summed E-state index contributed by atoms with van der Waals surface area (Å²) in [6.45, 7) is 5.84. The summed E-state index contributed by atoms with van der Waals surface area (Å²) in [5, 5.41) is 11.5. The summed E-state index contributed by atoms with van der Waals surface area (Å²) in [7, 11) is 0. The van der Waals surface area contributed by atoms with Gasteiger partial charge in [-0.1, -0.05) is 73.5 Å². The van der Waals surface area contributed by atoms with Crippen LogP contribution < -0.4 is 9.47 Å². The van der Waals surface area contributed by atoms with Crippen LogP contribution >= 0.6 is 0 Å². The van der Waals surface area contributed by atoms with Crippen LogP contribution in [0.2, 0.25) is 0 Å². The van der Waals surface area contributed by atoms with E-state index in [1.165, 1.54) is 75.1 Å². The monoisotopic (exact) mass is 662 g/mol. The largest absolute Gasteiger partial charge is 0.508 e. The summed E-state index contributed by atoms with van der Waals surface area (Å²) in [6.07, 6.45) is 15.2. The minimum Gasteiger partial charge on any atom is -0.508 e. The van der Waals surface area contributed by atoms with E-state index in [4.69, 9.17) is 9.47 Å². The number of unbranched alkanes of at least 4 members (excludes halogenated alkanes) is 3. The van der Waals surface area contributed by atoms with Gasteiger partial charge in [0, 0.05) is 48.2 Å². The molecule has 5 atom stereocenters. The van der Waals surface area contributed by atoms with Crippen LogP contribution in [0, 0.1) is 11.8 Å². The predicted octanol–water partition coefficient (Wildman–Crippen LogP) is 7.87. The summed E-state index contributed by atoms with van der Waals surface area (Å²) >= 11 is 0. The molecule has 3 aromatic rings. The van der Waals surface area contributed by atoms with E-state index < -0.39 is 0 Å². The number of benzene rings is 3. The van der Waals surface area contributed by atoms with E-state index in [1.54, 1.807) is 6.07 Å². The molecule has 3 fully saturated rings.